The fourth-order valence-corrected chi connectivity index (χ4v) is 1.50. The third-order valence-corrected chi connectivity index (χ3v) is 2.22. The third-order valence-electron chi connectivity index (χ3n) is 2.22. The molecule has 0 aliphatic heterocycles. The van der Waals surface area contributed by atoms with Crippen molar-refractivity contribution in [3.63, 3.8) is 0 Å². The predicted molar refractivity (Wildman–Crippen MR) is 53.7 cm³/mol. The molecule has 0 spiro atoms. The van der Waals surface area contributed by atoms with Crippen LogP contribution in [0.4, 0.5) is 4.39 Å². The molecule has 1 heterocycles. The molecule has 0 saturated heterocycles. The third kappa shape index (κ3) is 1.86. The lowest BCUT2D eigenvalue weighted by Gasteiger charge is -2.09. The van der Waals surface area contributed by atoms with Gasteiger partial charge in [0, 0.05) is 5.56 Å². The van der Waals surface area contributed by atoms with Gasteiger partial charge in [-0.25, -0.2) is 4.39 Å². The van der Waals surface area contributed by atoms with Gasteiger partial charge in [0.05, 0.1) is 0 Å². The molecular formula is C10H11FN4. The summed E-state index contributed by atoms with van der Waals surface area (Å²) in [6, 6.07) is 4.63. The van der Waals surface area contributed by atoms with Gasteiger partial charge in [-0.2, -0.15) is 5.21 Å². The zero-order valence-electron chi connectivity index (χ0n) is 8.53. The van der Waals surface area contributed by atoms with E-state index in [4.69, 9.17) is 0 Å². The molecule has 0 aliphatic rings. The van der Waals surface area contributed by atoms with E-state index in [1.54, 1.807) is 6.07 Å². The molecule has 78 valence electrons. The molecule has 0 radical (unpaired) electrons. The van der Waals surface area contributed by atoms with Crippen molar-refractivity contribution in [1.82, 2.24) is 20.6 Å². The van der Waals surface area contributed by atoms with Gasteiger partial charge in [-0.15, -0.1) is 10.2 Å². The van der Waals surface area contributed by atoms with E-state index in [9.17, 15) is 4.39 Å². The Bertz CT molecular complexity index is 450. The van der Waals surface area contributed by atoms with Crippen LogP contribution in [0, 0.1) is 5.82 Å². The van der Waals surface area contributed by atoms with Gasteiger partial charge in [0.15, 0.2) is 0 Å². The quantitative estimate of drug-likeness (QED) is 0.818. The van der Waals surface area contributed by atoms with E-state index in [0.29, 0.717) is 17.3 Å². The van der Waals surface area contributed by atoms with Crippen LogP contribution in [0.3, 0.4) is 0 Å². The number of nitrogens with zero attached hydrogens (tertiary/aromatic N) is 3. The second-order valence-corrected chi connectivity index (χ2v) is 3.62. The first kappa shape index (κ1) is 9.76. The maximum atomic E-state index is 13.1. The van der Waals surface area contributed by atoms with E-state index < -0.39 is 0 Å². The number of aromatic nitrogens is 4. The van der Waals surface area contributed by atoms with Crippen molar-refractivity contribution in [2.45, 2.75) is 19.8 Å². The Hall–Kier alpha value is -1.78. The molecular weight excluding hydrogens is 195 g/mol. The zero-order chi connectivity index (χ0) is 10.8. The number of halogens is 1. The van der Waals surface area contributed by atoms with Gasteiger partial charge in [-0.1, -0.05) is 19.9 Å². The number of hydrogen-bond donors (Lipinski definition) is 1. The molecule has 2 rings (SSSR count). The highest BCUT2D eigenvalue weighted by Gasteiger charge is 2.12. The van der Waals surface area contributed by atoms with E-state index in [1.807, 2.05) is 13.8 Å². The monoisotopic (exact) mass is 206 g/mol. The van der Waals surface area contributed by atoms with Crippen molar-refractivity contribution >= 4 is 0 Å². The Kier molecular flexibility index (Phi) is 2.45. The molecule has 0 fully saturated rings. The van der Waals surface area contributed by atoms with E-state index in [2.05, 4.69) is 20.6 Å². The number of benzene rings is 1. The average molecular weight is 206 g/mol. The predicted octanol–water partition coefficient (Wildman–Crippen LogP) is 2.13. The number of nitrogens with one attached hydrogen (secondary N) is 1. The lowest BCUT2D eigenvalue weighted by Crippen LogP contribution is -1.95. The van der Waals surface area contributed by atoms with E-state index in [0.717, 1.165) is 5.56 Å². The Balaban J connectivity index is 2.58. The van der Waals surface area contributed by atoms with Crippen LogP contribution >= 0.6 is 0 Å². The van der Waals surface area contributed by atoms with Gasteiger partial charge in [-0.3, -0.25) is 0 Å². The lowest BCUT2D eigenvalue weighted by molar-refractivity contribution is 0.626. The molecule has 0 aliphatic carbocycles. The van der Waals surface area contributed by atoms with Gasteiger partial charge in [0.1, 0.15) is 5.82 Å². The van der Waals surface area contributed by atoms with Crippen LogP contribution in [-0.2, 0) is 0 Å². The summed E-state index contributed by atoms with van der Waals surface area (Å²) in [7, 11) is 0. The van der Waals surface area contributed by atoms with E-state index in [1.165, 1.54) is 12.1 Å². The minimum Gasteiger partial charge on any atom is -0.207 e. The molecule has 5 heteroatoms. The first-order chi connectivity index (χ1) is 7.18. The smallest absolute Gasteiger partial charge is 0.205 e. The van der Waals surface area contributed by atoms with Crippen LogP contribution in [-0.4, -0.2) is 20.6 Å². The largest absolute Gasteiger partial charge is 0.207 e. The maximum absolute atomic E-state index is 13.1. The first-order valence-corrected chi connectivity index (χ1v) is 4.71. The highest BCUT2D eigenvalue weighted by Crippen LogP contribution is 2.26. The van der Waals surface area contributed by atoms with Crippen molar-refractivity contribution in [1.29, 1.82) is 0 Å². The van der Waals surface area contributed by atoms with E-state index in [-0.39, 0.29) is 5.82 Å². The van der Waals surface area contributed by atoms with Crippen LogP contribution in [0.15, 0.2) is 18.2 Å². The summed E-state index contributed by atoms with van der Waals surface area (Å²) >= 11 is 0. The molecule has 0 unspecified atom stereocenters. The summed E-state index contributed by atoms with van der Waals surface area (Å²) in [5, 5.41) is 13.5. The van der Waals surface area contributed by atoms with Gasteiger partial charge in [0.25, 0.3) is 0 Å². The summed E-state index contributed by atoms with van der Waals surface area (Å²) in [4.78, 5) is 0. The summed E-state index contributed by atoms with van der Waals surface area (Å²) in [6.45, 7) is 4.08. The normalized spacial score (nSPS) is 10.9. The van der Waals surface area contributed by atoms with Crippen LogP contribution < -0.4 is 0 Å². The standard InChI is InChI=1S/C10H11FN4/c1-6(2)8-4-3-7(11)5-9(8)10-12-14-15-13-10/h3-6H,1-2H3,(H,12,13,14,15). The highest BCUT2D eigenvalue weighted by molar-refractivity contribution is 5.60. The van der Waals surface area contributed by atoms with Gasteiger partial charge in [0.2, 0.25) is 5.82 Å². The van der Waals surface area contributed by atoms with Crippen LogP contribution in [0.25, 0.3) is 11.4 Å². The molecule has 1 aromatic heterocycles. The Labute approximate surface area is 86.5 Å². The Morgan fingerprint density at radius 2 is 2.13 bits per heavy atom. The molecule has 0 bridgehead atoms. The average Bonchev–Trinajstić information content (AvgIpc) is 2.69. The fourth-order valence-electron chi connectivity index (χ4n) is 1.50. The van der Waals surface area contributed by atoms with Crippen molar-refractivity contribution in [3.05, 3.63) is 29.6 Å². The molecule has 1 aromatic carbocycles. The summed E-state index contributed by atoms with van der Waals surface area (Å²) in [5.74, 6) is 0.427. The van der Waals surface area contributed by atoms with Crippen molar-refractivity contribution in [3.8, 4) is 11.4 Å². The van der Waals surface area contributed by atoms with Crippen LogP contribution in [0.2, 0.25) is 0 Å². The second-order valence-electron chi connectivity index (χ2n) is 3.62. The minimum atomic E-state index is -0.292. The molecule has 4 nitrogen and oxygen atoms in total. The Morgan fingerprint density at radius 3 is 2.73 bits per heavy atom. The molecule has 0 atom stereocenters. The summed E-state index contributed by atoms with van der Waals surface area (Å²) < 4.78 is 13.1. The van der Waals surface area contributed by atoms with Gasteiger partial charge in [-0.05, 0) is 28.8 Å². The minimum absolute atomic E-state index is 0.291. The number of hydrogen-bond acceptors (Lipinski definition) is 3. The summed E-state index contributed by atoms with van der Waals surface area (Å²) in [6.07, 6.45) is 0. The maximum Gasteiger partial charge on any atom is 0.205 e. The van der Waals surface area contributed by atoms with Gasteiger partial charge < -0.3 is 0 Å². The number of H-pyrrole nitrogens is 1. The summed E-state index contributed by atoms with van der Waals surface area (Å²) in [5.41, 5.74) is 1.71. The number of tetrazole rings is 1. The first-order valence-electron chi connectivity index (χ1n) is 4.71. The van der Waals surface area contributed by atoms with Crippen molar-refractivity contribution in [2.75, 3.05) is 0 Å². The fraction of sp³-hybridized carbons (Fsp3) is 0.300. The highest BCUT2D eigenvalue weighted by atomic mass is 19.1. The van der Waals surface area contributed by atoms with E-state index >= 15 is 0 Å². The lowest BCUT2D eigenvalue weighted by atomic mass is 9.97. The van der Waals surface area contributed by atoms with Crippen LogP contribution in [0.5, 0.6) is 0 Å². The van der Waals surface area contributed by atoms with Gasteiger partial charge >= 0.3 is 0 Å². The van der Waals surface area contributed by atoms with Crippen molar-refractivity contribution < 1.29 is 4.39 Å². The molecule has 0 amide bonds. The van der Waals surface area contributed by atoms with Crippen molar-refractivity contribution in [2.24, 2.45) is 0 Å². The molecule has 0 saturated carbocycles. The van der Waals surface area contributed by atoms with Crippen LogP contribution in [0.1, 0.15) is 25.3 Å². The topological polar surface area (TPSA) is 54.5 Å². The zero-order valence-corrected chi connectivity index (χ0v) is 8.53. The molecule has 2 aromatic rings. The Morgan fingerprint density at radius 1 is 1.33 bits per heavy atom. The second kappa shape index (κ2) is 3.76. The number of aromatic amines is 1. The molecule has 1 N–H and O–H groups in total. The molecule has 15 heavy (non-hydrogen) atoms. The SMILES string of the molecule is CC(C)c1ccc(F)cc1-c1nn[nH]n1. The number of rotatable bonds is 2.